The number of aryl methyl sites for hydroxylation is 1. The number of hydrogen-bond donors (Lipinski definition) is 2. The largest absolute Gasteiger partial charge is 0.391 e. The summed E-state index contributed by atoms with van der Waals surface area (Å²) in [6, 6.07) is 6.30. The van der Waals surface area contributed by atoms with Gasteiger partial charge in [0.05, 0.1) is 12.2 Å². The van der Waals surface area contributed by atoms with E-state index >= 15 is 0 Å². The average molecular weight is 236 g/mol. The van der Waals surface area contributed by atoms with E-state index in [1.807, 2.05) is 0 Å². The van der Waals surface area contributed by atoms with Crippen LogP contribution in [0.4, 0.5) is 0 Å². The molecular formula is C15H24O2. The highest BCUT2D eigenvalue weighted by Gasteiger charge is 2.19. The molecule has 1 rings (SSSR count). The van der Waals surface area contributed by atoms with Crippen molar-refractivity contribution in [2.45, 2.75) is 58.7 Å². The smallest absolute Gasteiger partial charge is 0.0802 e. The zero-order valence-electron chi connectivity index (χ0n) is 11.3. The predicted molar refractivity (Wildman–Crippen MR) is 71.3 cm³/mol. The average Bonchev–Trinajstić information content (AvgIpc) is 2.29. The van der Waals surface area contributed by atoms with E-state index in [9.17, 15) is 10.2 Å². The van der Waals surface area contributed by atoms with Gasteiger partial charge in [-0.1, -0.05) is 25.1 Å². The molecule has 0 aliphatic rings. The van der Waals surface area contributed by atoms with E-state index in [0.29, 0.717) is 12.3 Å². The minimum atomic E-state index is -0.658. The molecule has 0 bridgehead atoms. The molecule has 0 saturated carbocycles. The van der Waals surface area contributed by atoms with E-state index < -0.39 is 12.2 Å². The molecule has 0 aromatic heterocycles. The van der Waals surface area contributed by atoms with Gasteiger partial charge in [0.15, 0.2) is 0 Å². The van der Waals surface area contributed by atoms with Crippen molar-refractivity contribution in [3.8, 4) is 0 Å². The molecule has 96 valence electrons. The molecule has 1 aromatic rings. The van der Waals surface area contributed by atoms with Crippen LogP contribution in [0.5, 0.6) is 0 Å². The summed E-state index contributed by atoms with van der Waals surface area (Å²) in [5.74, 6) is 0.319. The molecule has 0 saturated heterocycles. The second-order valence-electron chi connectivity index (χ2n) is 4.94. The first kappa shape index (κ1) is 14.2. The second kappa shape index (κ2) is 6.18. The third-order valence-electron chi connectivity index (χ3n) is 3.66. The lowest BCUT2D eigenvalue weighted by atomic mass is 9.86. The van der Waals surface area contributed by atoms with Gasteiger partial charge in [0.25, 0.3) is 0 Å². The maximum atomic E-state index is 9.80. The van der Waals surface area contributed by atoms with Crippen LogP contribution in [0.1, 0.15) is 49.3 Å². The van der Waals surface area contributed by atoms with Crippen molar-refractivity contribution in [1.82, 2.24) is 0 Å². The van der Waals surface area contributed by atoms with Crippen LogP contribution in [0.2, 0.25) is 0 Å². The summed E-state index contributed by atoms with van der Waals surface area (Å²) in [4.78, 5) is 0. The monoisotopic (exact) mass is 236 g/mol. The maximum Gasteiger partial charge on any atom is 0.0802 e. The van der Waals surface area contributed by atoms with Crippen molar-refractivity contribution in [2.24, 2.45) is 0 Å². The van der Waals surface area contributed by atoms with E-state index in [1.165, 1.54) is 16.7 Å². The Morgan fingerprint density at radius 3 is 2.35 bits per heavy atom. The van der Waals surface area contributed by atoms with Gasteiger partial charge in [-0.3, -0.25) is 0 Å². The van der Waals surface area contributed by atoms with Gasteiger partial charge in [-0.25, -0.2) is 0 Å². The topological polar surface area (TPSA) is 40.5 Å². The first-order valence-electron chi connectivity index (χ1n) is 6.39. The van der Waals surface area contributed by atoms with Crippen molar-refractivity contribution in [3.63, 3.8) is 0 Å². The Bertz CT molecular complexity index is 358. The highest BCUT2D eigenvalue weighted by molar-refractivity contribution is 5.35. The van der Waals surface area contributed by atoms with Crippen LogP contribution in [0, 0.1) is 13.8 Å². The van der Waals surface area contributed by atoms with E-state index in [-0.39, 0.29) is 0 Å². The van der Waals surface area contributed by atoms with Gasteiger partial charge in [0, 0.05) is 0 Å². The molecule has 1 aromatic carbocycles. The number of rotatable bonds is 5. The summed E-state index contributed by atoms with van der Waals surface area (Å²) in [5, 5.41) is 19.2. The Balaban J connectivity index is 2.90. The summed E-state index contributed by atoms with van der Waals surface area (Å²) >= 11 is 0. The lowest BCUT2D eigenvalue weighted by Gasteiger charge is -2.23. The van der Waals surface area contributed by atoms with Crippen LogP contribution < -0.4 is 0 Å². The Morgan fingerprint density at radius 2 is 1.82 bits per heavy atom. The minimum absolute atomic E-state index is 0.319. The Labute approximate surface area is 104 Å². The Morgan fingerprint density at radius 1 is 1.18 bits per heavy atom. The second-order valence-corrected chi connectivity index (χ2v) is 4.94. The molecule has 17 heavy (non-hydrogen) atoms. The molecule has 0 spiro atoms. The summed E-state index contributed by atoms with van der Waals surface area (Å²) < 4.78 is 0. The fraction of sp³-hybridized carbons (Fsp3) is 0.600. The van der Waals surface area contributed by atoms with E-state index in [2.05, 4.69) is 39.0 Å². The van der Waals surface area contributed by atoms with Crippen LogP contribution in [-0.2, 0) is 0 Å². The van der Waals surface area contributed by atoms with Crippen molar-refractivity contribution >= 4 is 0 Å². The van der Waals surface area contributed by atoms with Crippen LogP contribution in [0.15, 0.2) is 18.2 Å². The quantitative estimate of drug-likeness (QED) is 0.825. The van der Waals surface area contributed by atoms with Gasteiger partial charge in [-0.05, 0) is 56.2 Å². The molecule has 3 unspecified atom stereocenters. The Kier molecular flexibility index (Phi) is 5.16. The lowest BCUT2D eigenvalue weighted by Crippen LogP contribution is -2.25. The number of aliphatic hydroxyl groups is 2. The van der Waals surface area contributed by atoms with Gasteiger partial charge in [0.1, 0.15) is 0 Å². The predicted octanol–water partition coefficient (Wildman–Crippen LogP) is 2.93. The number of benzene rings is 1. The highest BCUT2D eigenvalue weighted by Crippen LogP contribution is 2.29. The zero-order valence-corrected chi connectivity index (χ0v) is 11.3. The third-order valence-corrected chi connectivity index (χ3v) is 3.66. The molecule has 0 aliphatic carbocycles. The van der Waals surface area contributed by atoms with Crippen LogP contribution >= 0.6 is 0 Å². The standard InChI is InChI=1S/C15H24O2/c1-5-13(9-15(17)12(4)16)14-8-6-7-10(2)11(14)3/h6-8,12-13,15-17H,5,9H2,1-4H3. The first-order chi connectivity index (χ1) is 7.97. The van der Waals surface area contributed by atoms with Gasteiger partial charge in [-0.15, -0.1) is 0 Å². The van der Waals surface area contributed by atoms with Crippen LogP contribution in [0.25, 0.3) is 0 Å². The molecular weight excluding hydrogens is 212 g/mol. The minimum Gasteiger partial charge on any atom is -0.391 e. The molecule has 0 amide bonds. The molecule has 0 heterocycles. The van der Waals surface area contributed by atoms with Gasteiger partial charge in [-0.2, -0.15) is 0 Å². The maximum absolute atomic E-state index is 9.80. The van der Waals surface area contributed by atoms with Crippen molar-refractivity contribution in [1.29, 1.82) is 0 Å². The lowest BCUT2D eigenvalue weighted by molar-refractivity contribution is 0.0214. The third kappa shape index (κ3) is 3.55. The van der Waals surface area contributed by atoms with Crippen molar-refractivity contribution in [2.75, 3.05) is 0 Å². The molecule has 2 nitrogen and oxygen atoms in total. The molecule has 0 radical (unpaired) electrons. The fourth-order valence-electron chi connectivity index (χ4n) is 2.22. The van der Waals surface area contributed by atoms with Gasteiger partial charge in [0.2, 0.25) is 0 Å². The van der Waals surface area contributed by atoms with Crippen LogP contribution in [0.3, 0.4) is 0 Å². The van der Waals surface area contributed by atoms with E-state index in [1.54, 1.807) is 6.92 Å². The molecule has 0 fully saturated rings. The first-order valence-corrected chi connectivity index (χ1v) is 6.39. The zero-order chi connectivity index (χ0) is 13.0. The van der Waals surface area contributed by atoms with E-state index in [0.717, 1.165) is 6.42 Å². The number of hydrogen-bond acceptors (Lipinski definition) is 2. The summed E-state index contributed by atoms with van der Waals surface area (Å²) in [6.45, 7) is 8.00. The van der Waals surface area contributed by atoms with Gasteiger partial charge >= 0.3 is 0 Å². The van der Waals surface area contributed by atoms with Crippen LogP contribution in [-0.4, -0.2) is 22.4 Å². The Hall–Kier alpha value is -0.860. The summed E-state index contributed by atoms with van der Waals surface area (Å²) in [7, 11) is 0. The summed E-state index contributed by atoms with van der Waals surface area (Å²) in [6.07, 6.45) is 0.307. The fourth-order valence-corrected chi connectivity index (χ4v) is 2.22. The molecule has 0 aliphatic heterocycles. The normalized spacial score (nSPS) is 16.6. The van der Waals surface area contributed by atoms with Crippen molar-refractivity contribution < 1.29 is 10.2 Å². The molecule has 2 N–H and O–H groups in total. The van der Waals surface area contributed by atoms with Gasteiger partial charge < -0.3 is 10.2 Å². The number of aliphatic hydroxyl groups excluding tert-OH is 2. The molecule has 3 atom stereocenters. The SMILES string of the molecule is CCC(CC(O)C(C)O)c1cccc(C)c1C. The molecule has 2 heteroatoms. The van der Waals surface area contributed by atoms with E-state index in [4.69, 9.17) is 0 Å². The highest BCUT2D eigenvalue weighted by atomic mass is 16.3. The summed E-state index contributed by atoms with van der Waals surface area (Å²) in [5.41, 5.74) is 3.89. The van der Waals surface area contributed by atoms with Crippen molar-refractivity contribution in [3.05, 3.63) is 34.9 Å².